The molecule has 19 heavy (non-hydrogen) atoms. The Hall–Kier alpha value is -1.24. The van der Waals surface area contributed by atoms with Gasteiger partial charge in [-0.25, -0.2) is 4.98 Å². The number of halogens is 1. The molecule has 3 rings (SSSR count). The van der Waals surface area contributed by atoms with Gasteiger partial charge in [0.2, 0.25) is 0 Å². The van der Waals surface area contributed by atoms with Gasteiger partial charge in [-0.2, -0.15) is 0 Å². The fourth-order valence-corrected chi connectivity index (χ4v) is 2.73. The minimum atomic E-state index is -0.252. The van der Waals surface area contributed by atoms with Crippen LogP contribution in [0.25, 0.3) is 5.65 Å². The fraction of sp³-hybridized carbons (Fsp3) is 0.385. The molecule has 6 heteroatoms. The van der Waals surface area contributed by atoms with Gasteiger partial charge in [-0.15, -0.1) is 0 Å². The van der Waals surface area contributed by atoms with E-state index < -0.39 is 0 Å². The average molecular weight is 324 g/mol. The van der Waals surface area contributed by atoms with E-state index in [1.807, 2.05) is 12.1 Å². The zero-order valence-electron chi connectivity index (χ0n) is 10.3. The first kappa shape index (κ1) is 12.8. The molecule has 1 fully saturated rings. The Labute approximate surface area is 118 Å². The van der Waals surface area contributed by atoms with E-state index in [0.29, 0.717) is 18.7 Å². The number of hydrogen-bond donors (Lipinski definition) is 1. The van der Waals surface area contributed by atoms with Crippen LogP contribution in [0.5, 0.6) is 0 Å². The molecule has 5 nitrogen and oxygen atoms in total. The second kappa shape index (κ2) is 5.03. The van der Waals surface area contributed by atoms with Gasteiger partial charge in [0.25, 0.3) is 5.56 Å². The summed E-state index contributed by atoms with van der Waals surface area (Å²) in [4.78, 5) is 18.6. The van der Waals surface area contributed by atoms with E-state index in [9.17, 15) is 9.90 Å². The van der Waals surface area contributed by atoms with Crippen molar-refractivity contribution in [2.45, 2.75) is 19.1 Å². The van der Waals surface area contributed by atoms with Gasteiger partial charge in [-0.3, -0.25) is 14.1 Å². The van der Waals surface area contributed by atoms with Crippen LogP contribution in [0.15, 0.2) is 33.7 Å². The largest absolute Gasteiger partial charge is 0.392 e. The maximum atomic E-state index is 12.0. The monoisotopic (exact) mass is 323 g/mol. The Bertz CT molecular complexity index is 670. The number of rotatable bonds is 2. The molecule has 0 bridgehead atoms. The number of nitrogens with zero attached hydrogens (tertiary/aromatic N) is 3. The Morgan fingerprint density at radius 3 is 3.05 bits per heavy atom. The molecule has 2 aromatic rings. The average Bonchev–Trinajstić information content (AvgIpc) is 2.76. The van der Waals surface area contributed by atoms with Crippen molar-refractivity contribution in [3.05, 3.63) is 44.9 Å². The molecule has 3 heterocycles. The van der Waals surface area contributed by atoms with Crippen molar-refractivity contribution < 1.29 is 5.11 Å². The molecule has 1 aliphatic heterocycles. The SMILES string of the molecule is O=c1cc(CN2CCC(O)C2)nc2ccc(Br)cn12. The van der Waals surface area contributed by atoms with E-state index in [1.54, 1.807) is 12.3 Å². The Morgan fingerprint density at radius 2 is 2.32 bits per heavy atom. The molecule has 1 atom stereocenters. The first-order valence-corrected chi connectivity index (χ1v) is 6.99. The van der Waals surface area contributed by atoms with Crippen LogP contribution in [0.4, 0.5) is 0 Å². The summed E-state index contributed by atoms with van der Waals surface area (Å²) >= 11 is 3.34. The molecule has 0 radical (unpaired) electrons. The maximum absolute atomic E-state index is 12.0. The minimum Gasteiger partial charge on any atom is -0.392 e. The molecule has 1 aliphatic rings. The lowest BCUT2D eigenvalue weighted by atomic mass is 10.3. The van der Waals surface area contributed by atoms with Gasteiger partial charge in [0, 0.05) is 36.4 Å². The normalized spacial score (nSPS) is 20.2. The van der Waals surface area contributed by atoms with E-state index in [1.165, 1.54) is 4.40 Å². The minimum absolute atomic E-state index is 0.0824. The number of hydrogen-bond acceptors (Lipinski definition) is 4. The number of aliphatic hydroxyl groups excluding tert-OH is 1. The van der Waals surface area contributed by atoms with Gasteiger partial charge in [0.15, 0.2) is 0 Å². The summed E-state index contributed by atoms with van der Waals surface area (Å²) in [7, 11) is 0. The van der Waals surface area contributed by atoms with Gasteiger partial charge in [0.05, 0.1) is 11.8 Å². The third-order valence-electron chi connectivity index (χ3n) is 3.31. The van der Waals surface area contributed by atoms with Gasteiger partial charge in [-0.1, -0.05) is 0 Å². The van der Waals surface area contributed by atoms with E-state index in [2.05, 4.69) is 25.8 Å². The predicted molar refractivity (Wildman–Crippen MR) is 75.1 cm³/mol. The number of β-amino-alcohol motifs (C(OH)–C–C–N with tert-alkyl or cyclic N) is 1. The van der Waals surface area contributed by atoms with Crippen LogP contribution in [-0.4, -0.2) is 38.6 Å². The molecule has 0 saturated carbocycles. The number of aromatic nitrogens is 2. The van der Waals surface area contributed by atoms with E-state index in [4.69, 9.17) is 0 Å². The summed E-state index contributed by atoms with van der Waals surface area (Å²) < 4.78 is 2.37. The van der Waals surface area contributed by atoms with E-state index in [0.717, 1.165) is 23.1 Å². The summed E-state index contributed by atoms with van der Waals surface area (Å²) in [6.07, 6.45) is 2.26. The summed E-state index contributed by atoms with van der Waals surface area (Å²) in [5.41, 5.74) is 1.31. The molecular formula is C13H14BrN3O2. The maximum Gasteiger partial charge on any atom is 0.258 e. The van der Waals surface area contributed by atoms with Crippen LogP contribution in [0, 0.1) is 0 Å². The van der Waals surface area contributed by atoms with Gasteiger partial charge < -0.3 is 5.11 Å². The van der Waals surface area contributed by atoms with Gasteiger partial charge in [0.1, 0.15) is 5.65 Å². The van der Waals surface area contributed by atoms with Crippen LogP contribution < -0.4 is 5.56 Å². The second-order valence-electron chi connectivity index (χ2n) is 4.84. The van der Waals surface area contributed by atoms with Crippen molar-refractivity contribution in [2.24, 2.45) is 0 Å². The van der Waals surface area contributed by atoms with Crippen molar-refractivity contribution >= 4 is 21.6 Å². The third kappa shape index (κ3) is 2.70. The first-order valence-electron chi connectivity index (χ1n) is 6.20. The van der Waals surface area contributed by atoms with Crippen molar-refractivity contribution in [3.8, 4) is 0 Å². The molecule has 0 spiro atoms. The molecule has 1 N–H and O–H groups in total. The Kier molecular flexibility index (Phi) is 3.38. The quantitative estimate of drug-likeness (QED) is 0.896. The van der Waals surface area contributed by atoms with Crippen LogP contribution >= 0.6 is 15.9 Å². The van der Waals surface area contributed by atoms with Crippen LogP contribution in [0.1, 0.15) is 12.1 Å². The molecule has 100 valence electrons. The number of likely N-dealkylation sites (tertiary alicyclic amines) is 1. The van der Waals surface area contributed by atoms with Crippen molar-refractivity contribution in [3.63, 3.8) is 0 Å². The van der Waals surface area contributed by atoms with E-state index in [-0.39, 0.29) is 11.7 Å². The smallest absolute Gasteiger partial charge is 0.258 e. The molecule has 0 amide bonds. The zero-order valence-corrected chi connectivity index (χ0v) is 11.9. The van der Waals surface area contributed by atoms with Crippen molar-refractivity contribution in [2.75, 3.05) is 13.1 Å². The molecule has 1 unspecified atom stereocenters. The summed E-state index contributed by atoms with van der Waals surface area (Å²) in [5, 5.41) is 9.50. The summed E-state index contributed by atoms with van der Waals surface area (Å²) in [6.45, 7) is 2.11. The van der Waals surface area contributed by atoms with Crippen LogP contribution in [0.2, 0.25) is 0 Å². The molecule has 0 aliphatic carbocycles. The van der Waals surface area contributed by atoms with Crippen LogP contribution in [-0.2, 0) is 6.54 Å². The van der Waals surface area contributed by atoms with Crippen molar-refractivity contribution in [1.82, 2.24) is 14.3 Å². The van der Waals surface area contributed by atoms with Crippen LogP contribution in [0.3, 0.4) is 0 Å². The summed E-state index contributed by atoms with van der Waals surface area (Å²) in [5.74, 6) is 0. The highest BCUT2D eigenvalue weighted by molar-refractivity contribution is 9.10. The highest BCUT2D eigenvalue weighted by atomic mass is 79.9. The predicted octanol–water partition coefficient (Wildman–Crippen LogP) is 1.02. The fourth-order valence-electron chi connectivity index (χ4n) is 2.39. The second-order valence-corrected chi connectivity index (χ2v) is 5.75. The zero-order chi connectivity index (χ0) is 13.4. The lowest BCUT2D eigenvalue weighted by Crippen LogP contribution is -2.24. The van der Waals surface area contributed by atoms with Gasteiger partial charge >= 0.3 is 0 Å². The lowest BCUT2D eigenvalue weighted by Gasteiger charge is -2.14. The van der Waals surface area contributed by atoms with Gasteiger partial charge in [-0.05, 0) is 34.5 Å². The highest BCUT2D eigenvalue weighted by Crippen LogP contribution is 2.13. The summed E-state index contributed by atoms with van der Waals surface area (Å²) in [6, 6.07) is 5.24. The van der Waals surface area contributed by atoms with Crippen molar-refractivity contribution in [1.29, 1.82) is 0 Å². The third-order valence-corrected chi connectivity index (χ3v) is 3.78. The molecular weight excluding hydrogens is 310 g/mol. The Morgan fingerprint density at radius 1 is 1.47 bits per heavy atom. The first-order chi connectivity index (χ1) is 9.11. The number of pyridine rings is 1. The number of aliphatic hydroxyl groups is 1. The topological polar surface area (TPSA) is 57.8 Å². The molecule has 1 saturated heterocycles. The molecule has 2 aromatic heterocycles. The highest BCUT2D eigenvalue weighted by Gasteiger charge is 2.20. The number of fused-ring (bicyclic) bond motifs is 1. The Balaban J connectivity index is 1.93. The standard InChI is InChI=1S/C13H14BrN3O2/c14-9-1-2-12-15-10(5-13(19)17(12)6-9)7-16-4-3-11(18)8-16/h1-2,5-6,11,18H,3-4,7-8H2. The van der Waals surface area contributed by atoms with E-state index >= 15 is 0 Å². The lowest BCUT2D eigenvalue weighted by molar-refractivity contribution is 0.174. The molecule has 0 aromatic carbocycles.